The zero-order valence-electron chi connectivity index (χ0n) is 14.1. The average molecular weight is 304 g/mol. The number of aryl methyl sites for hydroxylation is 1. The Balaban J connectivity index is 2.33. The number of rotatable bonds is 5. The molecule has 1 aliphatic rings. The lowest BCUT2D eigenvalue weighted by molar-refractivity contribution is -0.137. The number of aliphatic carboxylic acids is 1. The normalized spacial score (nSPS) is 20.9. The number of hydrogen-bond donors (Lipinski definition) is 1. The van der Waals surface area contributed by atoms with Crippen molar-refractivity contribution in [3.63, 3.8) is 0 Å². The molecule has 2 rings (SSSR count). The highest BCUT2D eigenvalue weighted by atomic mass is 16.7. The van der Waals surface area contributed by atoms with Crippen LogP contribution in [0.2, 0.25) is 0 Å². The van der Waals surface area contributed by atoms with Crippen LogP contribution >= 0.6 is 0 Å². The highest BCUT2D eigenvalue weighted by Gasteiger charge is 2.54. The molecule has 1 saturated heterocycles. The lowest BCUT2D eigenvalue weighted by atomic mass is 9.66. The molecule has 120 valence electrons. The van der Waals surface area contributed by atoms with E-state index in [-0.39, 0.29) is 12.2 Å². The Morgan fingerprint density at radius 2 is 1.82 bits per heavy atom. The minimum Gasteiger partial charge on any atom is -0.481 e. The topological polar surface area (TPSA) is 55.8 Å². The Hall–Kier alpha value is -1.33. The van der Waals surface area contributed by atoms with Crippen LogP contribution < -0.4 is 0 Å². The third kappa shape index (κ3) is 3.36. The Kier molecular flexibility index (Phi) is 4.69. The minimum atomic E-state index is -0.846. The molecule has 4 nitrogen and oxygen atoms in total. The zero-order valence-corrected chi connectivity index (χ0v) is 14.1. The van der Waals surface area contributed by atoms with Gasteiger partial charge in [-0.2, -0.15) is 0 Å². The van der Waals surface area contributed by atoms with E-state index in [9.17, 15) is 9.90 Å². The van der Waals surface area contributed by atoms with Gasteiger partial charge in [0, 0.05) is 5.82 Å². The van der Waals surface area contributed by atoms with Gasteiger partial charge in [0.1, 0.15) is 0 Å². The molecule has 0 aliphatic carbocycles. The van der Waals surface area contributed by atoms with E-state index in [2.05, 4.69) is 13.0 Å². The van der Waals surface area contributed by atoms with Gasteiger partial charge in [-0.1, -0.05) is 31.2 Å². The number of benzene rings is 1. The van der Waals surface area contributed by atoms with Gasteiger partial charge in [0.05, 0.1) is 17.6 Å². The van der Waals surface area contributed by atoms with E-state index in [4.69, 9.17) is 9.31 Å². The second-order valence-corrected chi connectivity index (χ2v) is 6.93. The van der Waals surface area contributed by atoms with Crippen LogP contribution in [0.3, 0.4) is 0 Å². The summed E-state index contributed by atoms with van der Waals surface area (Å²) in [5, 5.41) is 9.28. The van der Waals surface area contributed by atoms with Gasteiger partial charge in [-0.3, -0.25) is 4.79 Å². The van der Waals surface area contributed by atoms with Crippen LogP contribution in [0.4, 0.5) is 0 Å². The Bertz CT molecular complexity index is 537. The van der Waals surface area contributed by atoms with Crippen LogP contribution in [-0.2, 0) is 20.5 Å². The van der Waals surface area contributed by atoms with Gasteiger partial charge in [0.15, 0.2) is 0 Å². The van der Waals surface area contributed by atoms with Crippen LogP contribution in [0.25, 0.3) is 0 Å². The van der Waals surface area contributed by atoms with E-state index in [0.717, 1.165) is 12.0 Å². The predicted octanol–water partition coefficient (Wildman–Crippen LogP) is 3.44. The summed E-state index contributed by atoms with van der Waals surface area (Å²) >= 11 is 0. The first-order chi connectivity index (χ1) is 10.2. The van der Waals surface area contributed by atoms with E-state index in [1.807, 2.05) is 45.9 Å². The molecule has 1 N–H and O–H groups in total. The summed E-state index contributed by atoms with van der Waals surface area (Å²) in [7, 11) is -0.548. The number of carbonyl (C=O) groups is 1. The lowest BCUT2D eigenvalue weighted by Gasteiger charge is -2.32. The van der Waals surface area contributed by atoms with Crippen molar-refractivity contribution in [2.75, 3.05) is 0 Å². The fourth-order valence-corrected chi connectivity index (χ4v) is 2.66. The highest BCUT2D eigenvalue weighted by Crippen LogP contribution is 2.41. The second kappa shape index (κ2) is 6.05. The molecular formula is C17H25BO4. The highest BCUT2D eigenvalue weighted by molar-refractivity contribution is 6.48. The maximum absolute atomic E-state index is 11.3. The minimum absolute atomic E-state index is 0.00993. The molecule has 1 aliphatic heterocycles. The molecule has 0 amide bonds. The number of hydrogen-bond acceptors (Lipinski definition) is 3. The summed E-state index contributed by atoms with van der Waals surface area (Å²) in [6, 6.07) is 8.02. The number of carboxylic acid groups (broad SMARTS) is 1. The molecule has 1 heterocycles. The maximum Gasteiger partial charge on any atom is 0.466 e. The monoisotopic (exact) mass is 304 g/mol. The molecule has 0 radical (unpaired) electrons. The Labute approximate surface area is 133 Å². The van der Waals surface area contributed by atoms with E-state index in [1.165, 1.54) is 5.56 Å². The summed E-state index contributed by atoms with van der Waals surface area (Å²) in [6.07, 6.45) is 0.904. The van der Waals surface area contributed by atoms with Gasteiger partial charge < -0.3 is 14.4 Å². The molecule has 0 bridgehead atoms. The van der Waals surface area contributed by atoms with Crippen molar-refractivity contribution in [3.8, 4) is 0 Å². The van der Waals surface area contributed by atoms with Gasteiger partial charge in [0.2, 0.25) is 0 Å². The summed E-state index contributed by atoms with van der Waals surface area (Å²) in [6.45, 7) is 10.0. The lowest BCUT2D eigenvalue weighted by Crippen LogP contribution is -2.41. The van der Waals surface area contributed by atoms with Crippen molar-refractivity contribution in [1.82, 2.24) is 0 Å². The zero-order chi connectivity index (χ0) is 16.5. The molecule has 0 spiro atoms. The third-order valence-electron chi connectivity index (χ3n) is 4.78. The maximum atomic E-state index is 11.3. The van der Waals surface area contributed by atoms with Gasteiger partial charge in [-0.05, 0) is 45.2 Å². The van der Waals surface area contributed by atoms with E-state index in [1.54, 1.807) is 0 Å². The number of carboxylic acids is 1. The van der Waals surface area contributed by atoms with E-state index < -0.39 is 24.3 Å². The van der Waals surface area contributed by atoms with Crippen molar-refractivity contribution in [1.29, 1.82) is 0 Å². The summed E-state index contributed by atoms with van der Waals surface area (Å²) < 4.78 is 12.1. The molecule has 0 aromatic heterocycles. The van der Waals surface area contributed by atoms with E-state index >= 15 is 0 Å². The SMILES string of the molecule is CCc1cccc(C(CC(=O)O)B2OC(C)(C)C(C)(C)O2)c1. The molecule has 1 fully saturated rings. The van der Waals surface area contributed by atoms with Gasteiger partial charge >= 0.3 is 13.1 Å². The fourth-order valence-electron chi connectivity index (χ4n) is 2.66. The largest absolute Gasteiger partial charge is 0.481 e. The second-order valence-electron chi connectivity index (χ2n) is 6.93. The molecule has 5 heteroatoms. The van der Waals surface area contributed by atoms with Crippen LogP contribution in [-0.4, -0.2) is 29.4 Å². The van der Waals surface area contributed by atoms with Crippen LogP contribution in [0.1, 0.15) is 58.0 Å². The first-order valence-electron chi connectivity index (χ1n) is 7.82. The van der Waals surface area contributed by atoms with Gasteiger partial charge in [-0.15, -0.1) is 0 Å². The third-order valence-corrected chi connectivity index (χ3v) is 4.78. The quantitative estimate of drug-likeness (QED) is 0.847. The van der Waals surface area contributed by atoms with Crippen LogP contribution in [0, 0.1) is 0 Å². The summed E-state index contributed by atoms with van der Waals surface area (Å²) in [5.74, 6) is -1.16. The summed E-state index contributed by atoms with van der Waals surface area (Å²) in [4.78, 5) is 11.3. The molecule has 0 saturated carbocycles. The van der Waals surface area contributed by atoms with Crippen LogP contribution in [0.5, 0.6) is 0 Å². The van der Waals surface area contributed by atoms with Crippen molar-refractivity contribution < 1.29 is 19.2 Å². The average Bonchev–Trinajstić information content (AvgIpc) is 2.64. The molecule has 1 unspecified atom stereocenters. The standard InChI is InChI=1S/C17H25BO4/c1-6-12-8-7-9-13(10-12)14(11-15(19)20)18-21-16(2,3)17(4,5)22-18/h7-10,14H,6,11H2,1-5H3,(H,19,20). The predicted molar refractivity (Wildman–Crippen MR) is 86.9 cm³/mol. The van der Waals surface area contributed by atoms with E-state index in [0.29, 0.717) is 0 Å². The Morgan fingerprint density at radius 3 is 2.32 bits per heavy atom. The molecule has 1 aromatic rings. The fraction of sp³-hybridized carbons (Fsp3) is 0.588. The summed E-state index contributed by atoms with van der Waals surface area (Å²) in [5.41, 5.74) is 1.22. The molecule has 1 atom stereocenters. The smallest absolute Gasteiger partial charge is 0.466 e. The van der Waals surface area contributed by atoms with Gasteiger partial charge in [0.25, 0.3) is 0 Å². The van der Waals surface area contributed by atoms with Gasteiger partial charge in [-0.25, -0.2) is 0 Å². The molecule has 1 aromatic carbocycles. The van der Waals surface area contributed by atoms with Crippen molar-refractivity contribution in [3.05, 3.63) is 35.4 Å². The van der Waals surface area contributed by atoms with Crippen LogP contribution in [0.15, 0.2) is 24.3 Å². The first kappa shape index (κ1) is 17.0. The first-order valence-corrected chi connectivity index (χ1v) is 7.82. The molecule has 22 heavy (non-hydrogen) atoms. The van der Waals surface area contributed by atoms with Crippen molar-refractivity contribution in [2.45, 2.75) is 64.5 Å². The Morgan fingerprint density at radius 1 is 1.23 bits per heavy atom. The molecular weight excluding hydrogens is 279 g/mol. The van der Waals surface area contributed by atoms with Crippen molar-refractivity contribution in [2.24, 2.45) is 0 Å². The van der Waals surface area contributed by atoms with Crippen molar-refractivity contribution >= 4 is 13.1 Å².